The van der Waals surface area contributed by atoms with Crippen LogP contribution in [-0.2, 0) is 28.9 Å². The summed E-state index contributed by atoms with van der Waals surface area (Å²) in [6.07, 6.45) is 3.50. The predicted molar refractivity (Wildman–Crippen MR) is 118 cm³/mol. The second-order valence-corrected chi connectivity index (χ2v) is 10.0. The van der Waals surface area contributed by atoms with Crippen LogP contribution in [0.25, 0.3) is 10.2 Å². The molecule has 0 aromatic carbocycles. The molecule has 0 bridgehead atoms. The monoisotopic (exact) mass is 419 g/mol. The summed E-state index contributed by atoms with van der Waals surface area (Å²) in [5.74, 6) is 1.17. The molecule has 6 nitrogen and oxygen atoms in total. The van der Waals surface area contributed by atoms with Gasteiger partial charge in [0.05, 0.1) is 18.5 Å². The number of nitrogens with zero attached hydrogens (tertiary/aromatic N) is 3. The Bertz CT molecular complexity index is 945. The van der Waals surface area contributed by atoms with E-state index in [0.717, 1.165) is 35.0 Å². The number of aryl methyl sites for hydroxylation is 1. The first-order valence-corrected chi connectivity index (χ1v) is 11.4. The fourth-order valence-electron chi connectivity index (χ4n) is 3.96. The highest BCUT2D eigenvalue weighted by atomic mass is 32.1. The van der Waals surface area contributed by atoms with Gasteiger partial charge in [0.25, 0.3) is 5.56 Å². The molecule has 0 radical (unpaired) electrons. The Labute approximate surface area is 176 Å². The highest BCUT2D eigenvalue weighted by molar-refractivity contribution is 7.18. The van der Waals surface area contributed by atoms with E-state index in [-0.39, 0.29) is 17.4 Å². The molecule has 29 heavy (non-hydrogen) atoms. The molecular formula is C22H33N3O3S. The molecule has 0 N–H and O–H groups in total. The summed E-state index contributed by atoms with van der Waals surface area (Å²) in [4.78, 5) is 35.5. The molecule has 3 rings (SSSR count). The minimum atomic E-state index is -0.647. The topological polar surface area (TPSA) is 64.4 Å². The van der Waals surface area contributed by atoms with E-state index in [9.17, 15) is 9.59 Å². The first-order chi connectivity index (χ1) is 13.7. The minimum absolute atomic E-state index is 0.0905. The summed E-state index contributed by atoms with van der Waals surface area (Å²) < 4.78 is 7.12. The first-order valence-electron chi connectivity index (χ1n) is 10.6. The van der Waals surface area contributed by atoms with Gasteiger partial charge < -0.3 is 9.64 Å². The summed E-state index contributed by atoms with van der Waals surface area (Å²) >= 11 is 1.65. The Kier molecular flexibility index (Phi) is 6.79. The van der Waals surface area contributed by atoms with Crippen LogP contribution in [0.2, 0.25) is 0 Å². The van der Waals surface area contributed by atoms with Crippen LogP contribution in [0.15, 0.2) is 4.79 Å². The molecule has 2 unspecified atom stereocenters. The third-order valence-electron chi connectivity index (χ3n) is 5.42. The van der Waals surface area contributed by atoms with Gasteiger partial charge in [0, 0.05) is 4.88 Å². The first kappa shape index (κ1) is 22.0. The van der Waals surface area contributed by atoms with Gasteiger partial charge in [-0.15, -0.1) is 11.3 Å². The van der Waals surface area contributed by atoms with E-state index in [2.05, 4.69) is 6.92 Å². The quantitative estimate of drug-likeness (QED) is 0.639. The van der Waals surface area contributed by atoms with Crippen LogP contribution in [0, 0.1) is 11.8 Å². The van der Waals surface area contributed by atoms with Gasteiger partial charge in [-0.3, -0.25) is 9.36 Å². The molecule has 1 aliphatic carbocycles. The van der Waals surface area contributed by atoms with E-state index in [1.807, 2.05) is 39.8 Å². The highest BCUT2D eigenvalue weighted by Crippen LogP contribution is 2.36. The highest BCUT2D eigenvalue weighted by Gasteiger charge is 2.29. The van der Waals surface area contributed by atoms with Crippen LogP contribution in [0.1, 0.15) is 62.8 Å². The standard InChI is InChI=1S/C22H33N3O3S/c1-7-16(22(27)28-12-13(2)3)25-18(11-24(5)6)23-20-19(21(25)26)15-9-8-14(4)10-17(15)29-20/h13-14,16H,7-12H2,1-6H3. The number of thiophene rings is 1. The Morgan fingerprint density at radius 1 is 1.38 bits per heavy atom. The molecule has 2 atom stereocenters. The molecule has 160 valence electrons. The molecule has 2 aromatic rings. The number of fused-ring (bicyclic) bond motifs is 3. The van der Waals surface area contributed by atoms with Crippen LogP contribution >= 0.6 is 11.3 Å². The summed E-state index contributed by atoms with van der Waals surface area (Å²) in [5, 5.41) is 0.717. The van der Waals surface area contributed by atoms with Crippen LogP contribution in [0.5, 0.6) is 0 Å². The molecule has 0 fully saturated rings. The predicted octanol–water partition coefficient (Wildman–Crippen LogP) is 3.79. The Balaban J connectivity index is 2.16. The summed E-state index contributed by atoms with van der Waals surface area (Å²) in [5.41, 5.74) is 1.06. The lowest BCUT2D eigenvalue weighted by Crippen LogP contribution is -2.36. The van der Waals surface area contributed by atoms with Crippen molar-refractivity contribution in [3.05, 3.63) is 26.6 Å². The normalized spacial score (nSPS) is 17.7. The van der Waals surface area contributed by atoms with Gasteiger partial charge in [0.15, 0.2) is 0 Å². The molecule has 0 spiro atoms. The molecule has 0 aliphatic heterocycles. The van der Waals surface area contributed by atoms with Crippen molar-refractivity contribution in [2.75, 3.05) is 20.7 Å². The Morgan fingerprint density at radius 2 is 2.10 bits per heavy atom. The average molecular weight is 420 g/mol. The van der Waals surface area contributed by atoms with Gasteiger partial charge in [-0.05, 0) is 57.2 Å². The maximum Gasteiger partial charge on any atom is 0.329 e. The van der Waals surface area contributed by atoms with E-state index in [1.54, 1.807) is 15.9 Å². The largest absolute Gasteiger partial charge is 0.464 e. The van der Waals surface area contributed by atoms with Crippen molar-refractivity contribution < 1.29 is 9.53 Å². The van der Waals surface area contributed by atoms with Gasteiger partial charge in [-0.2, -0.15) is 0 Å². The number of aromatic nitrogens is 2. The third kappa shape index (κ3) is 4.56. The number of rotatable bonds is 7. The van der Waals surface area contributed by atoms with Crippen molar-refractivity contribution >= 4 is 27.5 Å². The molecule has 0 saturated carbocycles. The van der Waals surface area contributed by atoms with Crippen molar-refractivity contribution in [3.63, 3.8) is 0 Å². The summed E-state index contributed by atoms with van der Waals surface area (Å²) in [6.45, 7) is 9.04. The summed E-state index contributed by atoms with van der Waals surface area (Å²) in [6, 6.07) is -0.647. The van der Waals surface area contributed by atoms with Crippen molar-refractivity contribution in [1.82, 2.24) is 14.5 Å². The molecule has 1 aliphatic rings. The van der Waals surface area contributed by atoms with Gasteiger partial charge >= 0.3 is 5.97 Å². The van der Waals surface area contributed by atoms with E-state index < -0.39 is 6.04 Å². The lowest BCUT2D eigenvalue weighted by atomic mass is 9.89. The lowest BCUT2D eigenvalue weighted by Gasteiger charge is -2.23. The van der Waals surface area contributed by atoms with E-state index >= 15 is 0 Å². The van der Waals surface area contributed by atoms with E-state index in [0.29, 0.717) is 31.3 Å². The smallest absolute Gasteiger partial charge is 0.329 e. The Morgan fingerprint density at radius 3 is 2.72 bits per heavy atom. The number of hydrogen-bond donors (Lipinski definition) is 0. The third-order valence-corrected chi connectivity index (χ3v) is 6.57. The molecule has 7 heteroatoms. The van der Waals surface area contributed by atoms with Crippen molar-refractivity contribution in [3.8, 4) is 0 Å². The minimum Gasteiger partial charge on any atom is -0.464 e. The lowest BCUT2D eigenvalue weighted by molar-refractivity contribution is -0.149. The van der Waals surface area contributed by atoms with Gasteiger partial charge in [-0.1, -0.05) is 27.7 Å². The fourth-order valence-corrected chi connectivity index (χ4v) is 5.35. The maximum atomic E-state index is 13.7. The second-order valence-electron chi connectivity index (χ2n) is 8.92. The molecule has 2 aromatic heterocycles. The fraction of sp³-hybridized carbons (Fsp3) is 0.682. The van der Waals surface area contributed by atoms with Gasteiger partial charge in [0.1, 0.15) is 16.7 Å². The van der Waals surface area contributed by atoms with Crippen molar-refractivity contribution in [1.29, 1.82) is 0 Å². The molecule has 0 amide bonds. The van der Waals surface area contributed by atoms with E-state index in [4.69, 9.17) is 9.72 Å². The number of carbonyl (C=O) groups is 1. The van der Waals surface area contributed by atoms with Gasteiger partial charge in [0.2, 0.25) is 0 Å². The maximum absolute atomic E-state index is 13.7. The van der Waals surface area contributed by atoms with E-state index in [1.165, 1.54) is 4.88 Å². The van der Waals surface area contributed by atoms with Crippen LogP contribution in [0.4, 0.5) is 0 Å². The van der Waals surface area contributed by atoms with Crippen molar-refractivity contribution in [2.24, 2.45) is 11.8 Å². The number of ether oxygens (including phenoxy) is 1. The average Bonchev–Trinajstić information content (AvgIpc) is 2.99. The zero-order valence-corrected chi connectivity index (χ0v) is 19.3. The number of carbonyl (C=O) groups excluding carboxylic acids is 1. The number of esters is 1. The molecule has 2 heterocycles. The zero-order valence-electron chi connectivity index (χ0n) is 18.4. The number of hydrogen-bond acceptors (Lipinski definition) is 6. The molecular weight excluding hydrogens is 386 g/mol. The SMILES string of the molecule is CCC(C(=O)OCC(C)C)n1c(CN(C)C)nc2sc3c(c2c1=O)CCC(C)C3. The second kappa shape index (κ2) is 8.96. The van der Waals surface area contributed by atoms with Gasteiger partial charge in [-0.25, -0.2) is 9.78 Å². The molecule has 0 saturated heterocycles. The van der Waals surface area contributed by atoms with Crippen LogP contribution < -0.4 is 5.56 Å². The van der Waals surface area contributed by atoms with Crippen molar-refractivity contribution in [2.45, 2.75) is 66.0 Å². The Hall–Kier alpha value is -1.73. The summed E-state index contributed by atoms with van der Waals surface area (Å²) in [7, 11) is 3.89. The van der Waals surface area contributed by atoms with Crippen LogP contribution in [0.3, 0.4) is 0 Å². The zero-order chi connectivity index (χ0) is 21.3. The van der Waals surface area contributed by atoms with Crippen LogP contribution in [-0.4, -0.2) is 41.1 Å².